The van der Waals surface area contributed by atoms with Crippen molar-refractivity contribution in [1.82, 2.24) is 5.32 Å². The number of carbonyl (C=O) groups is 1. The largest absolute Gasteiger partial charge is 0.490 e. The number of pyridine rings is 1. The fourth-order valence-corrected chi connectivity index (χ4v) is 2.73. The number of amides is 1. The van der Waals surface area contributed by atoms with E-state index in [4.69, 9.17) is 9.47 Å². The Balaban J connectivity index is 1.89. The predicted molar refractivity (Wildman–Crippen MR) is 102 cm³/mol. The number of benzene rings is 1. The molecule has 0 atom stereocenters. The molecular formula is C21H29N2O3+. The molecule has 0 radical (unpaired) electrons. The van der Waals surface area contributed by atoms with E-state index in [0.717, 1.165) is 29.2 Å². The van der Waals surface area contributed by atoms with Gasteiger partial charge in [0.25, 0.3) is 5.91 Å². The summed E-state index contributed by atoms with van der Waals surface area (Å²) in [5.41, 5.74) is 3.39. The number of hydrogen-bond acceptors (Lipinski definition) is 3. The van der Waals surface area contributed by atoms with Gasteiger partial charge in [-0.05, 0) is 51.0 Å². The predicted octanol–water partition coefficient (Wildman–Crippen LogP) is 2.75. The molecule has 5 nitrogen and oxygen atoms in total. The van der Waals surface area contributed by atoms with Crippen LogP contribution < -0.4 is 19.4 Å². The molecule has 0 saturated carbocycles. The highest BCUT2D eigenvalue weighted by molar-refractivity contribution is 5.74. The minimum atomic E-state index is 0.0136. The highest BCUT2D eigenvalue weighted by Crippen LogP contribution is 2.28. The molecule has 0 aliphatic carbocycles. The normalized spacial score (nSPS) is 10.5. The summed E-state index contributed by atoms with van der Waals surface area (Å²) >= 11 is 0. The molecule has 140 valence electrons. The van der Waals surface area contributed by atoms with Gasteiger partial charge in [0.05, 0.1) is 13.2 Å². The molecule has 0 aliphatic rings. The molecule has 5 heteroatoms. The average Bonchev–Trinajstić information content (AvgIpc) is 2.61. The molecule has 0 saturated heterocycles. The SMILES string of the molecule is CCOc1ccc(CCNC(=O)C[n+]2cccc(C)c2C)cc1OCC. The Morgan fingerprint density at radius 1 is 1.08 bits per heavy atom. The van der Waals surface area contributed by atoms with Crippen molar-refractivity contribution in [1.29, 1.82) is 0 Å². The quantitative estimate of drug-likeness (QED) is 0.702. The van der Waals surface area contributed by atoms with Crippen LogP contribution in [0, 0.1) is 13.8 Å². The Kier molecular flexibility index (Phi) is 7.45. The monoisotopic (exact) mass is 357 g/mol. The molecular weight excluding hydrogens is 328 g/mol. The van der Waals surface area contributed by atoms with Gasteiger partial charge in [-0.2, -0.15) is 4.57 Å². The number of nitrogens with one attached hydrogen (secondary N) is 1. The van der Waals surface area contributed by atoms with Crippen molar-refractivity contribution in [3.05, 3.63) is 53.3 Å². The number of carbonyl (C=O) groups excluding carboxylic acids is 1. The van der Waals surface area contributed by atoms with Crippen molar-refractivity contribution in [3.63, 3.8) is 0 Å². The Hall–Kier alpha value is -2.56. The summed E-state index contributed by atoms with van der Waals surface area (Å²) in [5.74, 6) is 1.53. The highest BCUT2D eigenvalue weighted by Gasteiger charge is 2.13. The van der Waals surface area contributed by atoms with Crippen molar-refractivity contribution >= 4 is 5.91 Å². The van der Waals surface area contributed by atoms with E-state index in [1.165, 1.54) is 5.56 Å². The lowest BCUT2D eigenvalue weighted by atomic mass is 10.1. The van der Waals surface area contributed by atoms with Gasteiger partial charge in [0.15, 0.2) is 23.4 Å². The zero-order valence-corrected chi connectivity index (χ0v) is 16.2. The van der Waals surface area contributed by atoms with Crippen LogP contribution >= 0.6 is 0 Å². The number of aryl methyl sites for hydroxylation is 1. The lowest BCUT2D eigenvalue weighted by Crippen LogP contribution is -2.45. The van der Waals surface area contributed by atoms with Crippen molar-refractivity contribution < 1.29 is 18.8 Å². The molecule has 1 heterocycles. The number of rotatable bonds is 9. The summed E-state index contributed by atoms with van der Waals surface area (Å²) in [4.78, 5) is 12.2. The zero-order valence-electron chi connectivity index (χ0n) is 16.2. The van der Waals surface area contributed by atoms with E-state index < -0.39 is 0 Å². The topological polar surface area (TPSA) is 51.4 Å². The second kappa shape index (κ2) is 9.80. The van der Waals surface area contributed by atoms with Gasteiger partial charge >= 0.3 is 0 Å². The van der Waals surface area contributed by atoms with Gasteiger partial charge in [0, 0.05) is 25.1 Å². The van der Waals surface area contributed by atoms with Crippen LogP contribution in [-0.4, -0.2) is 25.7 Å². The van der Waals surface area contributed by atoms with Gasteiger partial charge in [-0.15, -0.1) is 0 Å². The average molecular weight is 357 g/mol. The van der Waals surface area contributed by atoms with Gasteiger partial charge < -0.3 is 14.8 Å². The second-order valence-corrected chi connectivity index (χ2v) is 6.15. The van der Waals surface area contributed by atoms with Crippen molar-refractivity contribution in [2.24, 2.45) is 0 Å². The van der Waals surface area contributed by atoms with Crippen LogP contribution in [0.1, 0.15) is 30.7 Å². The van der Waals surface area contributed by atoms with E-state index in [1.807, 2.05) is 68.8 Å². The van der Waals surface area contributed by atoms with Gasteiger partial charge in [0.1, 0.15) is 0 Å². The Bertz CT molecular complexity index is 744. The molecule has 1 N–H and O–H groups in total. The van der Waals surface area contributed by atoms with Crippen LogP contribution in [0.15, 0.2) is 36.5 Å². The number of aromatic nitrogens is 1. The maximum absolute atomic E-state index is 12.2. The summed E-state index contributed by atoms with van der Waals surface area (Å²) in [6.07, 6.45) is 2.68. The summed E-state index contributed by atoms with van der Waals surface area (Å²) in [5, 5.41) is 2.99. The standard InChI is InChI=1S/C21H28N2O3/c1-5-25-19-10-9-18(14-20(19)26-6-2)11-12-22-21(24)15-23-13-7-8-16(3)17(23)4/h7-10,13-14H,5-6,11-12,15H2,1-4H3/p+1. The molecule has 0 unspecified atom stereocenters. The third-order valence-electron chi connectivity index (χ3n) is 4.27. The second-order valence-electron chi connectivity index (χ2n) is 6.15. The lowest BCUT2D eigenvalue weighted by Gasteiger charge is -2.12. The fourth-order valence-electron chi connectivity index (χ4n) is 2.73. The van der Waals surface area contributed by atoms with Crippen LogP contribution in [0.2, 0.25) is 0 Å². The molecule has 1 aromatic heterocycles. The van der Waals surface area contributed by atoms with E-state index in [2.05, 4.69) is 5.32 Å². The molecule has 0 spiro atoms. The first kappa shape index (κ1) is 19.8. The first-order chi connectivity index (χ1) is 12.5. The molecule has 2 aromatic rings. The van der Waals surface area contributed by atoms with Gasteiger partial charge in [-0.25, -0.2) is 0 Å². The van der Waals surface area contributed by atoms with E-state index in [1.54, 1.807) is 0 Å². The van der Waals surface area contributed by atoms with E-state index >= 15 is 0 Å². The van der Waals surface area contributed by atoms with Gasteiger partial charge in [0.2, 0.25) is 6.54 Å². The van der Waals surface area contributed by atoms with Crippen LogP contribution in [0.3, 0.4) is 0 Å². The van der Waals surface area contributed by atoms with Crippen LogP contribution in [0.4, 0.5) is 0 Å². The number of ether oxygens (including phenoxy) is 2. The highest BCUT2D eigenvalue weighted by atomic mass is 16.5. The zero-order chi connectivity index (χ0) is 18.9. The van der Waals surface area contributed by atoms with Crippen LogP contribution in [0.5, 0.6) is 11.5 Å². The molecule has 0 bridgehead atoms. The first-order valence-electron chi connectivity index (χ1n) is 9.16. The maximum atomic E-state index is 12.2. The van der Waals surface area contributed by atoms with E-state index in [0.29, 0.717) is 26.3 Å². The van der Waals surface area contributed by atoms with Crippen molar-refractivity contribution in [2.45, 2.75) is 40.7 Å². The summed E-state index contributed by atoms with van der Waals surface area (Å²) in [6.45, 7) is 10.1. The van der Waals surface area contributed by atoms with Crippen molar-refractivity contribution in [3.8, 4) is 11.5 Å². The fraction of sp³-hybridized carbons (Fsp3) is 0.429. The molecule has 1 aromatic carbocycles. The number of nitrogens with zero attached hydrogens (tertiary/aromatic N) is 1. The molecule has 0 fully saturated rings. The smallest absolute Gasteiger partial charge is 0.286 e. The molecule has 26 heavy (non-hydrogen) atoms. The van der Waals surface area contributed by atoms with Crippen LogP contribution in [0.25, 0.3) is 0 Å². The Labute approximate surface area is 156 Å². The first-order valence-corrected chi connectivity index (χ1v) is 9.16. The third kappa shape index (κ3) is 5.48. The van der Waals surface area contributed by atoms with E-state index in [-0.39, 0.29) is 5.91 Å². The maximum Gasteiger partial charge on any atom is 0.286 e. The Morgan fingerprint density at radius 3 is 2.54 bits per heavy atom. The number of hydrogen-bond donors (Lipinski definition) is 1. The summed E-state index contributed by atoms with van der Waals surface area (Å²) < 4.78 is 13.2. The van der Waals surface area contributed by atoms with E-state index in [9.17, 15) is 4.79 Å². The summed E-state index contributed by atoms with van der Waals surface area (Å²) in [6, 6.07) is 9.94. The van der Waals surface area contributed by atoms with Crippen LogP contribution in [-0.2, 0) is 17.8 Å². The minimum absolute atomic E-state index is 0.0136. The molecule has 2 rings (SSSR count). The molecule has 1 amide bonds. The van der Waals surface area contributed by atoms with Crippen molar-refractivity contribution in [2.75, 3.05) is 19.8 Å². The minimum Gasteiger partial charge on any atom is -0.490 e. The molecule has 0 aliphatic heterocycles. The van der Waals surface area contributed by atoms with Gasteiger partial charge in [-0.3, -0.25) is 4.79 Å². The third-order valence-corrected chi connectivity index (χ3v) is 4.27. The lowest BCUT2D eigenvalue weighted by molar-refractivity contribution is -0.690. The van der Waals surface area contributed by atoms with Gasteiger partial charge in [-0.1, -0.05) is 6.07 Å². The Morgan fingerprint density at radius 2 is 1.81 bits per heavy atom. The summed E-state index contributed by atoms with van der Waals surface area (Å²) in [7, 11) is 0.